The number of nitrogens with zero attached hydrogens (tertiary/aromatic N) is 2. The Bertz CT molecular complexity index is 1570. The molecule has 5 atom stereocenters. The first-order valence-electron chi connectivity index (χ1n) is 12.8. The molecule has 1 aromatic carbocycles. The zero-order valence-electron chi connectivity index (χ0n) is 25.1. The zero-order valence-corrected chi connectivity index (χ0v) is 29.9. The summed E-state index contributed by atoms with van der Waals surface area (Å²) in [7, 11) is -5.33. The summed E-state index contributed by atoms with van der Waals surface area (Å²) in [5.74, 6) is -3.58. The van der Waals surface area contributed by atoms with Crippen LogP contribution in [0.3, 0.4) is 0 Å². The molecule has 19 heteroatoms. The second-order valence-corrected chi connectivity index (χ2v) is 11.5. The van der Waals surface area contributed by atoms with Crippen LogP contribution in [-0.2, 0) is 64.0 Å². The molecule has 1 aliphatic rings. The molecule has 1 saturated heterocycles. The van der Waals surface area contributed by atoms with Crippen LogP contribution in [0, 0.1) is 0 Å². The van der Waals surface area contributed by atoms with Gasteiger partial charge in [0.05, 0.1) is 5.52 Å². The van der Waals surface area contributed by atoms with Crippen molar-refractivity contribution < 1.29 is 116 Å². The topological polar surface area (TPSA) is 215 Å². The van der Waals surface area contributed by atoms with Crippen molar-refractivity contribution in [1.29, 1.82) is 0 Å². The van der Waals surface area contributed by atoms with Crippen LogP contribution >= 0.6 is 11.8 Å². The van der Waals surface area contributed by atoms with Crippen molar-refractivity contribution in [3.05, 3.63) is 36.0 Å². The standard InChI is InChI=1S/C26H30N2O14S2.K/c1-13(29)28-11-18(19-8-6-7-9-20(19)28)10-22(27-42-44(34,35)36)43-26-25(40-17(5)33)24(39-16(4)32)23(38-15(3)31)21(41-26)12-37-14(2)30;/h6-9,11,21,23-26H,10,12H2,1-5H3,(H,34,35,36);/q;+1/p-1/b27-22-;/t21-,23-,24+,25-,26+;/m1./s1. The summed E-state index contributed by atoms with van der Waals surface area (Å²) in [6.45, 7) is 5.13. The molecule has 2 heterocycles. The summed E-state index contributed by atoms with van der Waals surface area (Å²) in [6, 6.07) is 6.80. The van der Waals surface area contributed by atoms with Gasteiger partial charge in [0.15, 0.2) is 18.3 Å². The van der Waals surface area contributed by atoms with Gasteiger partial charge in [0.2, 0.25) is 5.91 Å². The molecule has 0 N–H and O–H groups in total. The fraction of sp³-hybridized carbons (Fsp3) is 0.462. The first-order chi connectivity index (χ1) is 20.6. The molecule has 45 heavy (non-hydrogen) atoms. The Labute approximate surface area is 304 Å². The molecule has 0 bridgehead atoms. The molecule has 0 spiro atoms. The summed E-state index contributed by atoms with van der Waals surface area (Å²) < 4.78 is 66.7. The predicted molar refractivity (Wildman–Crippen MR) is 150 cm³/mol. The van der Waals surface area contributed by atoms with Gasteiger partial charge in [-0.15, -0.1) is 0 Å². The smallest absolute Gasteiger partial charge is 0.714 e. The molecule has 240 valence electrons. The third-order valence-electron chi connectivity index (χ3n) is 5.91. The van der Waals surface area contributed by atoms with Gasteiger partial charge >= 0.3 is 75.3 Å². The number of hydrogen-bond acceptors (Lipinski definition) is 16. The van der Waals surface area contributed by atoms with Crippen LogP contribution < -0.4 is 51.4 Å². The Hall–Kier alpha value is -2.36. The minimum Gasteiger partial charge on any atom is -0.714 e. The van der Waals surface area contributed by atoms with E-state index in [9.17, 15) is 36.9 Å². The monoisotopic (exact) mass is 696 g/mol. The number of oxime groups is 1. The molecule has 1 fully saturated rings. The fourth-order valence-corrected chi connectivity index (χ4v) is 5.77. The number of aromatic nitrogens is 1. The molecular formula is C26H29KN2O14S2. The SMILES string of the molecule is CC(=O)OC[C@H]1O[C@@H](S/C(Cc2cn(C(C)=O)c3ccccc23)=N\OS(=O)(=O)[O-])[C@H](OC(C)=O)[C@@H](OC(C)=O)[C@@H]1OC(C)=O.[K+]. The van der Waals surface area contributed by atoms with E-state index in [1.807, 2.05) is 0 Å². The molecule has 1 aliphatic heterocycles. The average molecular weight is 697 g/mol. The third-order valence-corrected chi connectivity index (χ3v) is 7.27. The zero-order chi connectivity index (χ0) is 32.8. The van der Waals surface area contributed by atoms with Crippen molar-refractivity contribution in [2.75, 3.05) is 6.61 Å². The van der Waals surface area contributed by atoms with Crippen LogP contribution in [0.4, 0.5) is 0 Å². The van der Waals surface area contributed by atoms with E-state index in [-0.39, 0.29) is 68.8 Å². The van der Waals surface area contributed by atoms with Crippen molar-refractivity contribution in [3.63, 3.8) is 0 Å². The number of rotatable bonds is 10. The summed E-state index contributed by atoms with van der Waals surface area (Å²) in [4.78, 5) is 60.1. The van der Waals surface area contributed by atoms with Gasteiger partial charge in [-0.05, 0) is 11.6 Å². The largest absolute Gasteiger partial charge is 1.00 e. The molecule has 0 unspecified atom stereocenters. The normalized spacial score (nSPS) is 21.6. The number of ether oxygens (including phenoxy) is 5. The molecule has 0 aliphatic carbocycles. The first kappa shape index (κ1) is 38.8. The quantitative estimate of drug-likeness (QED) is 0.0402. The molecular weight excluding hydrogens is 668 g/mol. The number of hydrogen-bond donors (Lipinski definition) is 0. The van der Waals surface area contributed by atoms with Gasteiger partial charge in [0.25, 0.3) is 10.4 Å². The summed E-state index contributed by atoms with van der Waals surface area (Å²) >= 11 is 0.623. The van der Waals surface area contributed by atoms with E-state index in [4.69, 9.17) is 23.7 Å². The molecule has 0 radical (unpaired) electrons. The number of carbonyl (C=O) groups is 5. The predicted octanol–water partition coefficient (Wildman–Crippen LogP) is -1.55. The van der Waals surface area contributed by atoms with Crippen LogP contribution in [0.2, 0.25) is 0 Å². The number of esters is 4. The van der Waals surface area contributed by atoms with E-state index < -0.39 is 70.7 Å². The Kier molecular flexibility index (Phi) is 14.6. The maximum absolute atomic E-state index is 12.3. The number of para-hydroxylation sites is 1. The van der Waals surface area contributed by atoms with Crippen molar-refractivity contribution in [3.8, 4) is 0 Å². The fourth-order valence-electron chi connectivity index (χ4n) is 4.41. The average Bonchev–Trinajstić information content (AvgIpc) is 3.27. The Morgan fingerprint density at radius 2 is 1.49 bits per heavy atom. The third kappa shape index (κ3) is 11.4. The van der Waals surface area contributed by atoms with Crippen molar-refractivity contribution in [1.82, 2.24) is 4.57 Å². The van der Waals surface area contributed by atoms with Crippen LogP contribution in [0.1, 0.15) is 45.0 Å². The Morgan fingerprint density at radius 1 is 0.911 bits per heavy atom. The number of thioether (sulfide) groups is 1. The van der Waals surface area contributed by atoms with Gasteiger partial charge in [-0.1, -0.05) is 35.1 Å². The van der Waals surface area contributed by atoms with Crippen molar-refractivity contribution in [2.45, 2.75) is 70.9 Å². The van der Waals surface area contributed by atoms with Gasteiger partial charge < -0.3 is 28.2 Å². The summed E-state index contributed by atoms with van der Waals surface area (Å²) in [5.41, 5.74) is -0.405. The first-order valence-corrected chi connectivity index (χ1v) is 15.1. The number of fused-ring (bicyclic) bond motifs is 1. The molecule has 16 nitrogen and oxygen atoms in total. The van der Waals surface area contributed by atoms with Crippen LogP contribution in [0.25, 0.3) is 10.9 Å². The Morgan fingerprint density at radius 3 is 2.04 bits per heavy atom. The van der Waals surface area contributed by atoms with E-state index >= 15 is 0 Å². The molecule has 3 rings (SSSR count). The van der Waals surface area contributed by atoms with Crippen LogP contribution in [0.15, 0.2) is 35.6 Å². The van der Waals surface area contributed by atoms with Crippen molar-refractivity contribution in [2.24, 2.45) is 5.16 Å². The van der Waals surface area contributed by atoms with E-state index in [1.54, 1.807) is 24.3 Å². The Balaban J connectivity index is 0.00000705. The molecule has 2 aromatic rings. The van der Waals surface area contributed by atoms with Crippen LogP contribution in [0.5, 0.6) is 0 Å². The maximum Gasteiger partial charge on any atom is 1.00 e. The number of benzene rings is 1. The van der Waals surface area contributed by atoms with E-state index in [0.29, 0.717) is 28.2 Å². The van der Waals surface area contributed by atoms with Crippen LogP contribution in [-0.4, -0.2) is 88.8 Å². The molecule has 0 saturated carbocycles. The van der Waals surface area contributed by atoms with Gasteiger partial charge in [0, 0.05) is 52.6 Å². The van der Waals surface area contributed by atoms with E-state index in [0.717, 1.165) is 27.7 Å². The van der Waals surface area contributed by atoms with Gasteiger partial charge in [-0.2, -0.15) is 8.42 Å². The summed E-state index contributed by atoms with van der Waals surface area (Å²) in [6.07, 6.45) is -4.47. The van der Waals surface area contributed by atoms with Gasteiger partial charge in [-0.3, -0.25) is 32.8 Å². The second-order valence-electron chi connectivity index (χ2n) is 9.39. The maximum atomic E-state index is 12.3. The second kappa shape index (κ2) is 17.0. The minimum atomic E-state index is -5.33. The molecule has 1 aromatic heterocycles. The van der Waals surface area contributed by atoms with E-state index in [2.05, 4.69) is 9.44 Å². The van der Waals surface area contributed by atoms with E-state index in [1.165, 1.54) is 17.7 Å². The van der Waals surface area contributed by atoms with Gasteiger partial charge in [0.1, 0.15) is 23.2 Å². The van der Waals surface area contributed by atoms with Crippen molar-refractivity contribution >= 4 is 67.9 Å². The summed E-state index contributed by atoms with van der Waals surface area (Å²) in [5, 5.41) is 3.87. The number of carbonyl (C=O) groups excluding carboxylic acids is 5. The minimum absolute atomic E-state index is 0. The van der Waals surface area contributed by atoms with Gasteiger partial charge in [-0.25, -0.2) is 0 Å². The molecule has 0 amide bonds.